The van der Waals surface area contributed by atoms with E-state index in [1.54, 1.807) is 24.3 Å². The van der Waals surface area contributed by atoms with E-state index in [1.807, 2.05) is 44.3 Å². The van der Waals surface area contributed by atoms with Gasteiger partial charge in [0.25, 0.3) is 11.8 Å². The topological polar surface area (TPSA) is 75.7 Å². The number of fused-ring (bicyclic) bond motifs is 1. The number of rotatable bonds is 23. The molecule has 7 aromatic rings. The smallest absolute Gasteiger partial charge is 0.414 e. The molecule has 0 radical (unpaired) electrons. The van der Waals surface area contributed by atoms with E-state index in [1.165, 1.54) is 21.6 Å². The van der Waals surface area contributed by atoms with Gasteiger partial charge in [0.1, 0.15) is 18.7 Å². The largest absolute Gasteiger partial charge is 0.516 e. The number of quaternary nitrogens is 1. The van der Waals surface area contributed by atoms with Gasteiger partial charge in [0.05, 0.1) is 31.9 Å². The van der Waals surface area contributed by atoms with Crippen LogP contribution < -0.4 is 5.32 Å². The molecule has 9 heteroatoms. The molecular formula is C66H74N3O4S2+. The lowest BCUT2D eigenvalue weighted by atomic mass is 9.84. The standard InChI is InChI=1S/C66H74N3O4S2/c1-62(2,3)73-61(72)69(47-30-14-29-46-68-59(70)57-43-27-28-44-58(57)60(68)71,50-64(6,7)75-66(54-37-21-11-22-38-54,55-39-23-12-24-40-55)56-41-25-13-26-42-56)48-45-67-49-63(4,5)74-65(51-31-15-8-16-32-51,52-33-17-9-18-34-52)53-35-19-10-20-36-53/h8-13,15-28,31-44,67H,14,29-30,45-50H2,1-7H3/q+1. The molecule has 1 atom stereocenters. The summed E-state index contributed by atoms with van der Waals surface area (Å²) in [6.07, 6.45) is 1.75. The molecule has 0 fully saturated rings. The molecule has 7 aromatic carbocycles. The lowest BCUT2D eigenvalue weighted by Gasteiger charge is -2.46. The fraction of sp³-hybridized carbons (Fsp3) is 0.318. The number of unbranched alkanes of at least 4 members (excludes halogenated alkanes) is 2. The van der Waals surface area contributed by atoms with Crippen LogP contribution in [0.15, 0.2) is 206 Å². The van der Waals surface area contributed by atoms with Gasteiger partial charge < -0.3 is 10.1 Å². The second-order valence-electron chi connectivity index (χ2n) is 22.1. The van der Waals surface area contributed by atoms with E-state index in [4.69, 9.17) is 4.74 Å². The Morgan fingerprint density at radius 2 is 0.813 bits per heavy atom. The second kappa shape index (κ2) is 23.8. The van der Waals surface area contributed by atoms with Crippen molar-refractivity contribution >= 4 is 41.4 Å². The number of nitrogens with one attached hydrogen (secondary N) is 1. The molecule has 0 aliphatic carbocycles. The van der Waals surface area contributed by atoms with Gasteiger partial charge in [-0.25, -0.2) is 4.48 Å². The number of amides is 3. The molecule has 0 saturated heterocycles. The Bertz CT molecular complexity index is 2740. The summed E-state index contributed by atoms with van der Waals surface area (Å²) >= 11 is 3.83. The minimum atomic E-state index is -0.743. The maximum Gasteiger partial charge on any atom is 0.516 e. The first kappa shape index (κ1) is 55.0. The van der Waals surface area contributed by atoms with Crippen LogP contribution in [0.25, 0.3) is 0 Å². The highest BCUT2D eigenvalue weighted by Crippen LogP contribution is 2.55. The number of imide groups is 1. The van der Waals surface area contributed by atoms with E-state index >= 15 is 4.79 Å². The number of hydrogen-bond acceptors (Lipinski definition) is 7. The molecule has 0 spiro atoms. The van der Waals surface area contributed by atoms with Gasteiger partial charge in [0, 0.05) is 24.4 Å². The maximum absolute atomic E-state index is 15.5. The third-order valence-corrected chi connectivity index (χ3v) is 17.4. The molecule has 75 heavy (non-hydrogen) atoms. The van der Waals surface area contributed by atoms with Crippen LogP contribution in [-0.2, 0) is 14.2 Å². The Labute approximate surface area is 455 Å². The van der Waals surface area contributed by atoms with Crippen molar-refractivity contribution in [2.45, 2.75) is 92.3 Å². The van der Waals surface area contributed by atoms with Crippen LogP contribution in [0.3, 0.4) is 0 Å². The van der Waals surface area contributed by atoms with Crippen molar-refractivity contribution in [3.05, 3.63) is 251 Å². The lowest BCUT2D eigenvalue weighted by Crippen LogP contribution is -2.62. The maximum atomic E-state index is 15.5. The fourth-order valence-corrected chi connectivity index (χ4v) is 14.5. The third kappa shape index (κ3) is 12.7. The molecule has 1 N–H and O–H groups in total. The quantitative estimate of drug-likeness (QED) is 0.0296. The van der Waals surface area contributed by atoms with Crippen molar-refractivity contribution in [3.8, 4) is 0 Å². The monoisotopic (exact) mass is 1040 g/mol. The third-order valence-electron chi connectivity index (χ3n) is 14.0. The molecule has 3 amide bonds. The van der Waals surface area contributed by atoms with Gasteiger partial charge in [-0.1, -0.05) is 194 Å². The van der Waals surface area contributed by atoms with E-state index in [-0.39, 0.29) is 27.1 Å². The zero-order chi connectivity index (χ0) is 53.2. The zero-order valence-electron chi connectivity index (χ0n) is 44.8. The summed E-state index contributed by atoms with van der Waals surface area (Å²) in [6, 6.07) is 71.7. The van der Waals surface area contributed by atoms with Crippen molar-refractivity contribution < 1.29 is 23.6 Å². The number of carbonyl (C=O) groups excluding carboxylic acids is 3. The van der Waals surface area contributed by atoms with Crippen molar-refractivity contribution in [1.82, 2.24) is 10.2 Å². The highest BCUT2D eigenvalue weighted by atomic mass is 32.2. The van der Waals surface area contributed by atoms with Crippen LogP contribution in [0.1, 0.15) is 122 Å². The minimum Gasteiger partial charge on any atom is -0.414 e. The first-order chi connectivity index (χ1) is 36.0. The summed E-state index contributed by atoms with van der Waals surface area (Å²) in [5, 5.41) is 3.91. The zero-order valence-corrected chi connectivity index (χ0v) is 46.5. The molecule has 8 rings (SSSR count). The summed E-state index contributed by atoms with van der Waals surface area (Å²) < 4.78 is 4.63. The Morgan fingerprint density at radius 3 is 1.17 bits per heavy atom. The summed E-state index contributed by atoms with van der Waals surface area (Å²) in [7, 11) is 0. The molecule has 1 heterocycles. The highest BCUT2D eigenvalue weighted by molar-refractivity contribution is 8.02. The summed E-state index contributed by atoms with van der Waals surface area (Å²) in [6.45, 7) is 18.0. The van der Waals surface area contributed by atoms with E-state index in [0.29, 0.717) is 69.7 Å². The summed E-state index contributed by atoms with van der Waals surface area (Å²) in [5.74, 6) is -0.486. The number of ether oxygens (including phenoxy) is 1. The average molecular weight is 1040 g/mol. The molecule has 0 aromatic heterocycles. The fourth-order valence-electron chi connectivity index (χ4n) is 10.9. The van der Waals surface area contributed by atoms with Crippen LogP contribution in [0.5, 0.6) is 0 Å². The van der Waals surface area contributed by atoms with Crippen molar-refractivity contribution in [3.63, 3.8) is 0 Å². The molecule has 1 aliphatic rings. The first-order valence-electron chi connectivity index (χ1n) is 26.5. The van der Waals surface area contributed by atoms with Gasteiger partial charge in [-0.15, -0.1) is 23.5 Å². The molecule has 0 saturated carbocycles. The summed E-state index contributed by atoms with van der Waals surface area (Å²) in [5.41, 5.74) is 7.27. The second-order valence-corrected chi connectivity index (χ2v) is 25.9. The molecule has 1 aliphatic heterocycles. The number of hydrogen-bond donors (Lipinski definition) is 1. The van der Waals surface area contributed by atoms with E-state index in [9.17, 15) is 9.59 Å². The predicted molar refractivity (Wildman–Crippen MR) is 311 cm³/mol. The Kier molecular flexibility index (Phi) is 17.4. The summed E-state index contributed by atoms with van der Waals surface area (Å²) in [4.78, 5) is 43.6. The van der Waals surface area contributed by atoms with Gasteiger partial charge >= 0.3 is 6.09 Å². The van der Waals surface area contributed by atoms with Gasteiger partial charge in [-0.2, -0.15) is 4.79 Å². The van der Waals surface area contributed by atoms with E-state index < -0.39 is 19.8 Å². The van der Waals surface area contributed by atoms with Crippen LogP contribution in [-0.4, -0.2) is 81.7 Å². The Hall–Kier alpha value is -6.23. The molecule has 0 bridgehead atoms. The van der Waals surface area contributed by atoms with Gasteiger partial charge in [0.2, 0.25) is 0 Å². The number of carbonyl (C=O) groups is 3. The number of thioether (sulfide) groups is 2. The first-order valence-corrected chi connectivity index (χ1v) is 28.1. The number of benzene rings is 7. The van der Waals surface area contributed by atoms with Crippen molar-refractivity contribution in [2.75, 3.05) is 39.3 Å². The van der Waals surface area contributed by atoms with Crippen LogP contribution in [0.4, 0.5) is 4.79 Å². The average Bonchev–Trinajstić information content (AvgIpc) is 3.66. The lowest BCUT2D eigenvalue weighted by molar-refractivity contribution is -0.859. The van der Waals surface area contributed by atoms with Crippen molar-refractivity contribution in [2.24, 2.45) is 0 Å². The minimum absolute atomic E-state index is 0.0707. The van der Waals surface area contributed by atoms with Crippen LogP contribution >= 0.6 is 23.5 Å². The van der Waals surface area contributed by atoms with Crippen molar-refractivity contribution in [1.29, 1.82) is 0 Å². The van der Waals surface area contributed by atoms with Gasteiger partial charge in [-0.3, -0.25) is 14.5 Å². The molecule has 388 valence electrons. The molecular weight excluding hydrogens is 963 g/mol. The van der Waals surface area contributed by atoms with Crippen LogP contribution in [0.2, 0.25) is 0 Å². The predicted octanol–water partition coefficient (Wildman–Crippen LogP) is 14.8. The molecule has 1 unspecified atom stereocenters. The normalized spacial score (nSPS) is 14.1. The Morgan fingerprint density at radius 1 is 0.467 bits per heavy atom. The number of nitrogens with zero attached hydrogens (tertiary/aromatic N) is 2. The highest BCUT2D eigenvalue weighted by Gasteiger charge is 2.50. The Balaban J connectivity index is 1.12. The van der Waals surface area contributed by atoms with Gasteiger partial charge in [-0.05, 0) is 113 Å². The SMILES string of the molecule is CC(C)(C)OC(=O)[N+](CCCCCN1C(=O)c2ccccc2C1=O)(CCNCC(C)(C)SC(c1ccccc1)(c1ccccc1)c1ccccc1)CC(C)(C)SC(c1ccccc1)(c1ccccc1)c1ccccc1. The van der Waals surface area contributed by atoms with E-state index in [2.05, 4.69) is 215 Å². The van der Waals surface area contributed by atoms with E-state index in [0.717, 1.165) is 16.7 Å². The van der Waals surface area contributed by atoms with Gasteiger partial charge in [0.15, 0.2) is 0 Å². The molecule has 7 nitrogen and oxygen atoms in total. The van der Waals surface area contributed by atoms with Crippen LogP contribution in [0, 0.1) is 0 Å².